The highest BCUT2D eigenvalue weighted by Crippen LogP contribution is 2.23. The highest BCUT2D eigenvalue weighted by molar-refractivity contribution is 5.92. The molecular formula is C23H34N6O3. The molecule has 2 aromatic heterocycles. The van der Waals surface area contributed by atoms with Crippen LogP contribution in [0, 0.1) is 6.92 Å². The first-order valence-corrected chi connectivity index (χ1v) is 11.4. The molecule has 1 amide bonds. The third-order valence-corrected chi connectivity index (χ3v) is 5.88. The van der Waals surface area contributed by atoms with E-state index in [9.17, 15) is 4.79 Å². The van der Waals surface area contributed by atoms with Crippen LogP contribution in [-0.4, -0.2) is 83.1 Å². The maximum Gasteiger partial charge on any atom is 0.272 e. The summed E-state index contributed by atoms with van der Waals surface area (Å²) in [5.74, 6) is 2.22. The molecule has 2 aromatic rings. The first-order chi connectivity index (χ1) is 15.3. The number of carbonyl (C=O) groups is 1. The summed E-state index contributed by atoms with van der Waals surface area (Å²) < 4.78 is 11.4. The molecule has 0 aliphatic carbocycles. The highest BCUT2D eigenvalue weighted by atomic mass is 16.5. The number of morpholine rings is 1. The van der Waals surface area contributed by atoms with Crippen LogP contribution in [0.1, 0.15) is 55.0 Å². The van der Waals surface area contributed by atoms with E-state index in [2.05, 4.69) is 45.5 Å². The van der Waals surface area contributed by atoms with Crippen LogP contribution in [0.15, 0.2) is 16.7 Å². The molecular weight excluding hydrogens is 408 g/mol. The number of carbonyl (C=O) groups excluding carboxylic acids is 1. The second-order valence-electron chi connectivity index (χ2n) is 9.58. The van der Waals surface area contributed by atoms with Crippen molar-refractivity contribution in [1.29, 1.82) is 0 Å². The number of amides is 1. The topological polar surface area (TPSA) is 87.8 Å². The summed E-state index contributed by atoms with van der Waals surface area (Å²) in [6, 6.07) is 1.79. The largest absolute Gasteiger partial charge is 0.444 e. The number of ether oxygens (including phenoxy) is 1. The van der Waals surface area contributed by atoms with Crippen LogP contribution in [-0.2, 0) is 16.7 Å². The minimum atomic E-state index is -0.0526. The smallest absolute Gasteiger partial charge is 0.272 e. The van der Waals surface area contributed by atoms with Gasteiger partial charge in [-0.15, -0.1) is 0 Å². The maximum atomic E-state index is 13.3. The predicted octanol–water partition coefficient (Wildman–Crippen LogP) is 2.26. The molecule has 9 nitrogen and oxygen atoms in total. The molecule has 0 radical (unpaired) electrons. The van der Waals surface area contributed by atoms with Crippen LogP contribution in [0.5, 0.6) is 0 Å². The minimum absolute atomic E-state index is 0.0296. The van der Waals surface area contributed by atoms with Crippen molar-refractivity contribution in [3.05, 3.63) is 35.3 Å². The van der Waals surface area contributed by atoms with Crippen molar-refractivity contribution in [3.8, 4) is 0 Å². The molecule has 0 spiro atoms. The van der Waals surface area contributed by atoms with Gasteiger partial charge in [0, 0.05) is 50.4 Å². The Bertz CT molecular complexity index is 932. The summed E-state index contributed by atoms with van der Waals surface area (Å²) in [6.45, 7) is 14.8. The molecule has 0 saturated carbocycles. The zero-order valence-corrected chi connectivity index (χ0v) is 19.6. The average molecular weight is 443 g/mol. The van der Waals surface area contributed by atoms with E-state index < -0.39 is 0 Å². The fourth-order valence-corrected chi connectivity index (χ4v) is 3.98. The molecule has 2 aliphatic heterocycles. The van der Waals surface area contributed by atoms with Gasteiger partial charge in [0.1, 0.15) is 11.5 Å². The number of anilines is 1. The van der Waals surface area contributed by atoms with Crippen molar-refractivity contribution in [1.82, 2.24) is 24.8 Å². The summed E-state index contributed by atoms with van der Waals surface area (Å²) in [4.78, 5) is 33.2. The Hall–Kier alpha value is -2.52. The van der Waals surface area contributed by atoms with Gasteiger partial charge in [0.25, 0.3) is 5.91 Å². The summed E-state index contributed by atoms with van der Waals surface area (Å²) in [5.41, 5.74) is 1.22. The zero-order valence-electron chi connectivity index (χ0n) is 19.6. The number of nitrogens with zero attached hydrogens (tertiary/aromatic N) is 6. The molecule has 0 atom stereocenters. The third-order valence-electron chi connectivity index (χ3n) is 5.88. The monoisotopic (exact) mass is 442 g/mol. The van der Waals surface area contributed by atoms with Gasteiger partial charge in [-0.1, -0.05) is 20.8 Å². The number of aryl methyl sites for hydroxylation is 1. The van der Waals surface area contributed by atoms with E-state index in [1.807, 2.05) is 18.0 Å². The van der Waals surface area contributed by atoms with Crippen molar-refractivity contribution < 1.29 is 13.9 Å². The summed E-state index contributed by atoms with van der Waals surface area (Å²) in [7, 11) is 0. The van der Waals surface area contributed by atoms with E-state index in [0.29, 0.717) is 44.5 Å². The van der Waals surface area contributed by atoms with Gasteiger partial charge in [-0.2, -0.15) is 0 Å². The van der Waals surface area contributed by atoms with Crippen molar-refractivity contribution >= 4 is 11.9 Å². The first kappa shape index (κ1) is 22.7. The maximum absolute atomic E-state index is 13.3. The molecule has 4 rings (SSSR count). The molecule has 0 unspecified atom stereocenters. The fraction of sp³-hybridized carbons (Fsp3) is 0.652. The first-order valence-electron chi connectivity index (χ1n) is 11.4. The van der Waals surface area contributed by atoms with E-state index in [-0.39, 0.29) is 11.3 Å². The van der Waals surface area contributed by atoms with Gasteiger partial charge in [-0.25, -0.2) is 15.0 Å². The van der Waals surface area contributed by atoms with Gasteiger partial charge in [0.05, 0.1) is 26.0 Å². The van der Waals surface area contributed by atoms with Crippen molar-refractivity contribution in [2.75, 3.05) is 57.4 Å². The molecule has 2 fully saturated rings. The summed E-state index contributed by atoms with van der Waals surface area (Å²) in [6.07, 6.45) is 2.73. The Kier molecular flexibility index (Phi) is 6.76. The Morgan fingerprint density at radius 1 is 1.06 bits per heavy atom. The Labute approximate surface area is 189 Å². The lowest BCUT2D eigenvalue weighted by Gasteiger charge is -2.27. The van der Waals surface area contributed by atoms with Gasteiger partial charge in [-0.3, -0.25) is 9.69 Å². The van der Waals surface area contributed by atoms with Crippen molar-refractivity contribution in [2.24, 2.45) is 0 Å². The second kappa shape index (κ2) is 9.54. The lowest BCUT2D eigenvalue weighted by atomic mass is 9.94. The van der Waals surface area contributed by atoms with Crippen LogP contribution >= 0.6 is 0 Å². The van der Waals surface area contributed by atoms with Crippen molar-refractivity contribution in [2.45, 2.75) is 46.1 Å². The van der Waals surface area contributed by atoms with E-state index in [1.165, 1.54) is 0 Å². The number of hydrogen-bond acceptors (Lipinski definition) is 8. The molecule has 0 bridgehead atoms. The van der Waals surface area contributed by atoms with Crippen molar-refractivity contribution in [3.63, 3.8) is 0 Å². The van der Waals surface area contributed by atoms with E-state index in [0.717, 1.165) is 49.9 Å². The van der Waals surface area contributed by atoms with Crippen LogP contribution in [0.2, 0.25) is 0 Å². The van der Waals surface area contributed by atoms with Gasteiger partial charge in [-0.05, 0) is 19.4 Å². The number of rotatable bonds is 4. The molecule has 0 N–H and O–H groups in total. The minimum Gasteiger partial charge on any atom is -0.444 e. The van der Waals surface area contributed by atoms with E-state index in [1.54, 1.807) is 6.07 Å². The lowest BCUT2D eigenvalue weighted by Crippen LogP contribution is -2.39. The Balaban J connectivity index is 1.39. The van der Waals surface area contributed by atoms with E-state index in [4.69, 9.17) is 9.15 Å². The molecule has 2 saturated heterocycles. The summed E-state index contributed by atoms with van der Waals surface area (Å²) >= 11 is 0. The predicted molar refractivity (Wildman–Crippen MR) is 121 cm³/mol. The average Bonchev–Trinajstić information content (AvgIpc) is 3.12. The molecule has 0 aromatic carbocycles. The number of aromatic nitrogens is 3. The normalized spacial score (nSPS) is 18.6. The van der Waals surface area contributed by atoms with E-state index >= 15 is 0 Å². The molecule has 4 heterocycles. The van der Waals surface area contributed by atoms with Gasteiger partial charge in [0.2, 0.25) is 11.8 Å². The molecule has 174 valence electrons. The standard InChI is InChI=1S/C23H34N6O3/c1-17-14-18(26-22(25-17)29-10-12-31-13-11-29)21(30)28-7-5-6-27(8-9-28)16-20-24-15-19(32-20)23(2,3)4/h14-15H,5-13,16H2,1-4H3. The van der Waals surface area contributed by atoms with Crippen LogP contribution in [0.4, 0.5) is 5.95 Å². The number of hydrogen-bond donors (Lipinski definition) is 0. The zero-order chi connectivity index (χ0) is 22.7. The Morgan fingerprint density at radius 2 is 1.84 bits per heavy atom. The highest BCUT2D eigenvalue weighted by Gasteiger charge is 2.25. The van der Waals surface area contributed by atoms with Crippen LogP contribution < -0.4 is 4.90 Å². The quantitative estimate of drug-likeness (QED) is 0.713. The van der Waals surface area contributed by atoms with Crippen LogP contribution in [0.3, 0.4) is 0 Å². The molecule has 2 aliphatic rings. The summed E-state index contributed by atoms with van der Waals surface area (Å²) in [5, 5.41) is 0. The van der Waals surface area contributed by atoms with Gasteiger partial charge >= 0.3 is 0 Å². The van der Waals surface area contributed by atoms with Gasteiger partial charge < -0.3 is 19.0 Å². The SMILES string of the molecule is Cc1cc(C(=O)N2CCCN(Cc3ncc(C(C)(C)C)o3)CC2)nc(N2CCOCC2)n1. The fourth-order valence-electron chi connectivity index (χ4n) is 3.98. The lowest BCUT2D eigenvalue weighted by molar-refractivity contribution is 0.0754. The van der Waals surface area contributed by atoms with Crippen LogP contribution in [0.25, 0.3) is 0 Å². The molecule has 32 heavy (non-hydrogen) atoms. The molecule has 9 heteroatoms. The number of oxazole rings is 1. The van der Waals surface area contributed by atoms with Gasteiger partial charge in [0.15, 0.2) is 0 Å². The third kappa shape index (κ3) is 5.45. The second-order valence-corrected chi connectivity index (χ2v) is 9.58. The Morgan fingerprint density at radius 3 is 2.56 bits per heavy atom.